The zero-order valence-electron chi connectivity index (χ0n) is 14.4. The average Bonchev–Trinajstić information content (AvgIpc) is 3.19. The van der Waals surface area contributed by atoms with Gasteiger partial charge in [0.1, 0.15) is 18.0 Å². The maximum Gasteiger partial charge on any atom is 0.339 e. The summed E-state index contributed by atoms with van der Waals surface area (Å²) in [6, 6.07) is 7.31. The molecule has 0 aliphatic carbocycles. The van der Waals surface area contributed by atoms with Crippen molar-refractivity contribution >= 4 is 16.9 Å². The SMILES string of the molecule is CC(C)(C)OC(=O)[C@H](O)COc1ccc2nn(-c3cc[nH]c3)cc2c1. The predicted octanol–water partition coefficient (Wildman–Crippen LogP) is 2.44. The molecular weight excluding hydrogens is 322 g/mol. The first-order valence-electron chi connectivity index (χ1n) is 7.98. The largest absolute Gasteiger partial charge is 0.490 e. The van der Waals surface area contributed by atoms with Crippen molar-refractivity contribution in [3.8, 4) is 11.4 Å². The van der Waals surface area contributed by atoms with Crippen LogP contribution in [0.1, 0.15) is 20.8 Å². The van der Waals surface area contributed by atoms with E-state index in [2.05, 4.69) is 10.1 Å². The Hall–Kier alpha value is -2.80. The van der Waals surface area contributed by atoms with E-state index in [1.807, 2.05) is 36.8 Å². The minimum atomic E-state index is -1.34. The van der Waals surface area contributed by atoms with E-state index in [1.54, 1.807) is 31.5 Å². The lowest BCUT2D eigenvalue weighted by atomic mass is 10.2. The number of aliphatic hydroxyl groups excluding tert-OH is 1. The minimum Gasteiger partial charge on any atom is -0.490 e. The summed E-state index contributed by atoms with van der Waals surface area (Å²) in [6.07, 6.45) is 4.22. The third-order valence-corrected chi connectivity index (χ3v) is 3.41. The van der Waals surface area contributed by atoms with Gasteiger partial charge in [0, 0.05) is 24.0 Å². The van der Waals surface area contributed by atoms with Crippen LogP contribution >= 0.6 is 0 Å². The van der Waals surface area contributed by atoms with E-state index in [4.69, 9.17) is 9.47 Å². The summed E-state index contributed by atoms with van der Waals surface area (Å²) in [5, 5.41) is 15.2. The van der Waals surface area contributed by atoms with E-state index in [0.29, 0.717) is 5.75 Å². The molecule has 3 aromatic rings. The van der Waals surface area contributed by atoms with Gasteiger partial charge in [0.2, 0.25) is 0 Å². The van der Waals surface area contributed by atoms with Crippen molar-refractivity contribution in [2.24, 2.45) is 0 Å². The van der Waals surface area contributed by atoms with Crippen LogP contribution in [0, 0.1) is 0 Å². The third-order valence-electron chi connectivity index (χ3n) is 3.41. The van der Waals surface area contributed by atoms with E-state index < -0.39 is 17.7 Å². The maximum absolute atomic E-state index is 11.8. The van der Waals surface area contributed by atoms with Crippen LogP contribution < -0.4 is 4.74 Å². The Morgan fingerprint density at radius 1 is 1.36 bits per heavy atom. The van der Waals surface area contributed by atoms with E-state index >= 15 is 0 Å². The van der Waals surface area contributed by atoms with Crippen LogP contribution in [-0.2, 0) is 9.53 Å². The van der Waals surface area contributed by atoms with Gasteiger partial charge in [-0.2, -0.15) is 5.10 Å². The van der Waals surface area contributed by atoms with Gasteiger partial charge in [0.15, 0.2) is 6.10 Å². The molecule has 0 unspecified atom stereocenters. The summed E-state index contributed by atoms with van der Waals surface area (Å²) in [4.78, 5) is 14.7. The molecule has 0 saturated carbocycles. The van der Waals surface area contributed by atoms with Crippen LogP contribution in [0.3, 0.4) is 0 Å². The Morgan fingerprint density at radius 3 is 2.84 bits per heavy atom. The molecule has 7 heteroatoms. The van der Waals surface area contributed by atoms with Gasteiger partial charge in [-0.25, -0.2) is 9.48 Å². The Labute approximate surface area is 145 Å². The zero-order chi connectivity index (χ0) is 18.0. The highest BCUT2D eigenvalue weighted by Crippen LogP contribution is 2.21. The number of benzene rings is 1. The van der Waals surface area contributed by atoms with Crippen LogP contribution in [0.15, 0.2) is 42.9 Å². The molecule has 2 heterocycles. The predicted molar refractivity (Wildman–Crippen MR) is 92.8 cm³/mol. The molecule has 2 aromatic heterocycles. The fourth-order valence-corrected chi connectivity index (χ4v) is 2.30. The van der Waals surface area contributed by atoms with E-state index in [1.165, 1.54) is 0 Å². The second-order valence-electron chi connectivity index (χ2n) is 6.72. The first-order chi connectivity index (χ1) is 11.8. The minimum absolute atomic E-state index is 0.174. The van der Waals surface area contributed by atoms with E-state index in [-0.39, 0.29) is 6.61 Å². The first kappa shape index (κ1) is 17.0. The van der Waals surface area contributed by atoms with Crippen molar-refractivity contribution in [3.63, 3.8) is 0 Å². The smallest absolute Gasteiger partial charge is 0.339 e. The van der Waals surface area contributed by atoms with Crippen molar-refractivity contribution in [1.29, 1.82) is 0 Å². The number of nitrogens with one attached hydrogen (secondary N) is 1. The Kier molecular flexibility index (Phi) is 4.50. The van der Waals surface area contributed by atoms with E-state index in [9.17, 15) is 9.90 Å². The number of ether oxygens (including phenoxy) is 2. The van der Waals surface area contributed by atoms with Gasteiger partial charge in [-0.3, -0.25) is 0 Å². The average molecular weight is 343 g/mol. The number of aromatic nitrogens is 3. The molecule has 0 saturated heterocycles. The van der Waals surface area contributed by atoms with Gasteiger partial charge >= 0.3 is 5.97 Å². The quantitative estimate of drug-likeness (QED) is 0.695. The van der Waals surface area contributed by atoms with Crippen LogP contribution in [0.25, 0.3) is 16.6 Å². The van der Waals surface area contributed by atoms with Crippen molar-refractivity contribution in [2.75, 3.05) is 6.61 Å². The van der Waals surface area contributed by atoms with Crippen molar-refractivity contribution in [2.45, 2.75) is 32.5 Å². The van der Waals surface area contributed by atoms with Crippen LogP contribution in [0.2, 0.25) is 0 Å². The molecule has 3 rings (SSSR count). The lowest BCUT2D eigenvalue weighted by Crippen LogP contribution is -2.35. The molecule has 25 heavy (non-hydrogen) atoms. The number of fused-ring (bicyclic) bond motifs is 1. The number of carbonyl (C=O) groups is 1. The second kappa shape index (κ2) is 6.60. The number of aromatic amines is 1. The van der Waals surface area contributed by atoms with Gasteiger partial charge in [-0.05, 0) is 45.0 Å². The number of aliphatic hydroxyl groups is 1. The molecule has 7 nitrogen and oxygen atoms in total. The molecule has 0 radical (unpaired) electrons. The lowest BCUT2D eigenvalue weighted by Gasteiger charge is -2.21. The molecule has 1 aromatic carbocycles. The van der Waals surface area contributed by atoms with Gasteiger partial charge < -0.3 is 19.6 Å². The maximum atomic E-state index is 11.8. The molecule has 0 aliphatic heterocycles. The fraction of sp³-hybridized carbons (Fsp3) is 0.333. The molecule has 0 fully saturated rings. The standard InChI is InChI=1S/C18H21N3O4/c1-18(2,3)25-17(23)16(22)11-24-14-4-5-15-12(8-14)10-21(20-15)13-6-7-19-9-13/h4-10,16,19,22H,11H2,1-3H3/t16-/m1/s1. The molecule has 132 valence electrons. The number of H-pyrrole nitrogens is 1. The van der Waals surface area contributed by atoms with Gasteiger partial charge in [0.05, 0.1) is 11.2 Å². The number of esters is 1. The topological polar surface area (TPSA) is 89.4 Å². The number of nitrogens with zero attached hydrogens (tertiary/aromatic N) is 2. The second-order valence-corrected chi connectivity index (χ2v) is 6.72. The third kappa shape index (κ3) is 4.19. The highest BCUT2D eigenvalue weighted by atomic mass is 16.6. The van der Waals surface area contributed by atoms with Crippen molar-refractivity contribution in [3.05, 3.63) is 42.9 Å². The summed E-state index contributed by atoms with van der Waals surface area (Å²) in [6.45, 7) is 5.06. The summed E-state index contributed by atoms with van der Waals surface area (Å²) >= 11 is 0. The Balaban J connectivity index is 1.67. The molecule has 0 aliphatic rings. The van der Waals surface area contributed by atoms with Gasteiger partial charge in [0.25, 0.3) is 0 Å². The Bertz CT molecular complexity index is 862. The normalized spacial score (nSPS) is 13.0. The number of rotatable bonds is 5. The van der Waals surface area contributed by atoms with Crippen molar-refractivity contribution < 1.29 is 19.4 Å². The number of hydrogen-bond acceptors (Lipinski definition) is 5. The van der Waals surface area contributed by atoms with Crippen LogP contribution in [0.5, 0.6) is 5.75 Å². The summed E-state index contributed by atoms with van der Waals surface area (Å²) in [5.41, 5.74) is 1.10. The fourth-order valence-electron chi connectivity index (χ4n) is 2.30. The summed E-state index contributed by atoms with van der Waals surface area (Å²) in [7, 11) is 0. The monoisotopic (exact) mass is 343 g/mol. The highest BCUT2D eigenvalue weighted by Gasteiger charge is 2.23. The molecular formula is C18H21N3O4. The molecule has 0 spiro atoms. The highest BCUT2D eigenvalue weighted by molar-refractivity contribution is 5.80. The van der Waals surface area contributed by atoms with E-state index in [0.717, 1.165) is 16.6 Å². The molecule has 0 amide bonds. The summed E-state index contributed by atoms with van der Waals surface area (Å²) in [5.74, 6) is -0.155. The number of hydrogen-bond donors (Lipinski definition) is 2. The van der Waals surface area contributed by atoms with Gasteiger partial charge in [-0.15, -0.1) is 0 Å². The number of carbonyl (C=O) groups excluding carboxylic acids is 1. The first-order valence-corrected chi connectivity index (χ1v) is 7.98. The van der Waals surface area contributed by atoms with Crippen LogP contribution in [0.4, 0.5) is 0 Å². The Morgan fingerprint density at radius 2 is 2.16 bits per heavy atom. The zero-order valence-corrected chi connectivity index (χ0v) is 14.4. The molecule has 2 N–H and O–H groups in total. The molecule has 0 bridgehead atoms. The lowest BCUT2D eigenvalue weighted by molar-refractivity contribution is -0.166. The molecule has 1 atom stereocenters. The van der Waals surface area contributed by atoms with Gasteiger partial charge in [-0.1, -0.05) is 0 Å². The van der Waals surface area contributed by atoms with Crippen molar-refractivity contribution in [1.82, 2.24) is 14.8 Å². The van der Waals surface area contributed by atoms with Crippen LogP contribution in [-0.4, -0.2) is 44.2 Å². The summed E-state index contributed by atoms with van der Waals surface area (Å²) < 4.78 is 12.4.